The van der Waals surface area contributed by atoms with E-state index in [4.69, 9.17) is 17.3 Å². The van der Waals surface area contributed by atoms with Crippen molar-refractivity contribution >= 4 is 69.3 Å². The van der Waals surface area contributed by atoms with Crippen molar-refractivity contribution in [2.45, 2.75) is 6.92 Å². The van der Waals surface area contributed by atoms with Gasteiger partial charge in [-0.3, -0.25) is 14.5 Å². The molecule has 22 heavy (non-hydrogen) atoms. The van der Waals surface area contributed by atoms with Gasteiger partial charge in [0.05, 0.1) is 4.91 Å². The molecule has 1 amide bonds. The van der Waals surface area contributed by atoms with Crippen LogP contribution in [0.4, 0.5) is 0 Å². The number of thiocarbonyl (C=S) groups is 1. The zero-order valence-electron chi connectivity index (χ0n) is 14.0. The smallest absolute Gasteiger partial charge is 1.00 e. The molecular weight excluding hydrogens is 331 g/mol. The van der Waals surface area contributed by atoms with Crippen LogP contribution < -0.4 is 0 Å². The van der Waals surface area contributed by atoms with E-state index in [1.54, 1.807) is 6.08 Å². The minimum absolute atomic E-state index is 0. The maximum absolute atomic E-state index is 12.1. The first-order valence-corrected chi connectivity index (χ1v) is 7.40. The van der Waals surface area contributed by atoms with Crippen molar-refractivity contribution in [3.8, 4) is 0 Å². The second-order valence-electron chi connectivity index (χ2n) is 4.46. The minimum Gasteiger partial charge on any atom is -1.00 e. The summed E-state index contributed by atoms with van der Waals surface area (Å²) >= 11 is 6.17. The van der Waals surface area contributed by atoms with Crippen LogP contribution in [-0.4, -0.2) is 55.8 Å². The molecular formula is C15H15MgNO3S2. The van der Waals surface area contributed by atoms with Gasteiger partial charge < -0.3 is 7.96 Å². The molecule has 0 aliphatic carbocycles. The quantitative estimate of drug-likeness (QED) is 0.516. The van der Waals surface area contributed by atoms with Gasteiger partial charge in [-0.2, -0.15) is 0 Å². The number of carboxylic acid groups (broad SMARTS) is 1. The molecule has 1 N–H and O–H groups in total. The number of rotatable bonds is 4. The monoisotopic (exact) mass is 345 g/mol. The average molecular weight is 346 g/mol. The summed E-state index contributed by atoms with van der Waals surface area (Å²) < 4.78 is 0.279. The Morgan fingerprint density at radius 2 is 2.05 bits per heavy atom. The molecule has 0 bridgehead atoms. The van der Waals surface area contributed by atoms with Gasteiger partial charge in [0, 0.05) is 0 Å². The summed E-state index contributed by atoms with van der Waals surface area (Å²) in [6.45, 7) is 1.49. The molecule has 0 saturated carbocycles. The molecule has 1 fully saturated rings. The van der Waals surface area contributed by atoms with E-state index >= 15 is 0 Å². The topological polar surface area (TPSA) is 57.6 Å². The van der Waals surface area contributed by atoms with Crippen molar-refractivity contribution in [1.82, 2.24) is 4.90 Å². The van der Waals surface area contributed by atoms with Gasteiger partial charge >= 0.3 is 29.0 Å². The van der Waals surface area contributed by atoms with E-state index in [1.807, 2.05) is 43.3 Å². The number of hydrogen-bond acceptors (Lipinski definition) is 4. The molecule has 1 aromatic rings. The Bertz CT molecular complexity index is 666. The molecule has 0 atom stereocenters. The molecule has 0 aromatic heterocycles. The average Bonchev–Trinajstić information content (AvgIpc) is 2.67. The number of amides is 1. The molecule has 2 rings (SSSR count). The van der Waals surface area contributed by atoms with E-state index in [1.165, 1.54) is 0 Å². The number of carbonyl (C=O) groups excluding carboxylic acids is 1. The van der Waals surface area contributed by atoms with Crippen LogP contribution in [0.15, 0.2) is 46.9 Å². The SMILES string of the molecule is CC(=C\c1ccccc1)/C=C1/SC(=S)N(CC(=O)O)C1=O.[H-].[H-].[Mg+2]. The molecule has 1 aliphatic rings. The van der Waals surface area contributed by atoms with Gasteiger partial charge in [-0.25, -0.2) is 0 Å². The molecule has 112 valence electrons. The zero-order valence-corrected chi connectivity index (χ0v) is 15.0. The van der Waals surface area contributed by atoms with Gasteiger partial charge in [-0.1, -0.05) is 60.4 Å². The largest absolute Gasteiger partial charge is 2.00 e. The fraction of sp³-hybridized carbons (Fsp3) is 0.133. The number of carbonyl (C=O) groups is 2. The van der Waals surface area contributed by atoms with Crippen molar-refractivity contribution in [1.29, 1.82) is 0 Å². The van der Waals surface area contributed by atoms with E-state index < -0.39 is 12.5 Å². The van der Waals surface area contributed by atoms with Gasteiger partial charge in [-0.05, 0) is 24.1 Å². The van der Waals surface area contributed by atoms with E-state index in [9.17, 15) is 9.59 Å². The Morgan fingerprint density at radius 1 is 1.41 bits per heavy atom. The summed E-state index contributed by atoms with van der Waals surface area (Å²) in [5.41, 5.74) is 1.93. The first-order chi connectivity index (χ1) is 9.97. The van der Waals surface area contributed by atoms with Crippen molar-refractivity contribution in [2.24, 2.45) is 0 Å². The Balaban J connectivity index is 0. The number of allylic oxidation sites excluding steroid dienone is 2. The van der Waals surface area contributed by atoms with Gasteiger partial charge in [0.1, 0.15) is 10.9 Å². The van der Waals surface area contributed by atoms with E-state index in [0.717, 1.165) is 27.8 Å². The number of hydrogen-bond donors (Lipinski definition) is 1. The molecule has 7 heteroatoms. The molecule has 1 saturated heterocycles. The Hall–Kier alpha value is -1.15. The summed E-state index contributed by atoms with van der Waals surface area (Å²) in [7, 11) is 0. The normalized spacial score (nSPS) is 16.9. The van der Waals surface area contributed by atoms with Crippen LogP contribution in [0.1, 0.15) is 15.3 Å². The number of carboxylic acids is 1. The van der Waals surface area contributed by atoms with Gasteiger partial charge in [0.2, 0.25) is 0 Å². The van der Waals surface area contributed by atoms with Crippen LogP contribution in [0.3, 0.4) is 0 Å². The van der Waals surface area contributed by atoms with Gasteiger partial charge in [0.15, 0.2) is 0 Å². The Labute approximate surface area is 157 Å². The summed E-state index contributed by atoms with van der Waals surface area (Å²) in [4.78, 5) is 24.4. The summed E-state index contributed by atoms with van der Waals surface area (Å²) in [6.07, 6.45) is 3.68. The number of nitrogens with zero attached hydrogens (tertiary/aromatic N) is 1. The van der Waals surface area contributed by atoms with Crippen LogP contribution >= 0.6 is 24.0 Å². The van der Waals surface area contributed by atoms with Crippen LogP contribution in [0.5, 0.6) is 0 Å². The van der Waals surface area contributed by atoms with Crippen molar-refractivity contribution < 1.29 is 17.5 Å². The maximum Gasteiger partial charge on any atom is 2.00 e. The summed E-state index contributed by atoms with van der Waals surface area (Å²) in [6, 6.07) is 9.74. The molecule has 1 aromatic carbocycles. The minimum atomic E-state index is -1.08. The zero-order chi connectivity index (χ0) is 15.4. The third-order valence-electron chi connectivity index (χ3n) is 2.72. The molecule has 1 aliphatic heterocycles. The fourth-order valence-electron chi connectivity index (χ4n) is 1.83. The number of benzene rings is 1. The van der Waals surface area contributed by atoms with Crippen molar-refractivity contribution in [2.75, 3.05) is 6.54 Å². The summed E-state index contributed by atoms with van der Waals surface area (Å²) in [5, 5.41) is 8.78. The van der Waals surface area contributed by atoms with Crippen molar-refractivity contribution in [3.63, 3.8) is 0 Å². The maximum atomic E-state index is 12.1. The van der Waals surface area contributed by atoms with E-state index in [-0.39, 0.29) is 36.1 Å². The number of thioether (sulfide) groups is 1. The first kappa shape index (κ1) is 18.9. The second-order valence-corrected chi connectivity index (χ2v) is 6.14. The third kappa shape index (κ3) is 4.94. The third-order valence-corrected chi connectivity index (χ3v) is 4.10. The molecule has 0 unspecified atom stereocenters. The Kier molecular flexibility index (Phi) is 7.28. The van der Waals surface area contributed by atoms with Gasteiger partial charge in [0.25, 0.3) is 5.91 Å². The van der Waals surface area contributed by atoms with Crippen LogP contribution in [0.2, 0.25) is 0 Å². The first-order valence-electron chi connectivity index (χ1n) is 6.18. The predicted octanol–water partition coefficient (Wildman–Crippen LogP) is 2.76. The van der Waals surface area contributed by atoms with Gasteiger partial charge in [-0.15, -0.1) is 0 Å². The van der Waals surface area contributed by atoms with Crippen LogP contribution in [0.25, 0.3) is 6.08 Å². The molecule has 0 spiro atoms. The predicted molar refractivity (Wildman–Crippen MR) is 95.7 cm³/mol. The molecule has 4 nitrogen and oxygen atoms in total. The standard InChI is InChI=1S/C15H13NO3S2.Mg.2H/c1-10(7-11-5-3-2-4-6-11)8-12-14(19)16(9-13(17)18)15(20)21-12;;;/h2-8H,9H2,1H3,(H,17,18);;;/q;+2;2*-1/b10-7+,12-8+;;;. The van der Waals surface area contributed by atoms with E-state index in [0.29, 0.717) is 4.91 Å². The van der Waals surface area contributed by atoms with Crippen molar-refractivity contribution in [3.05, 3.63) is 52.4 Å². The molecule has 1 heterocycles. The fourth-order valence-corrected chi connectivity index (χ4v) is 3.14. The summed E-state index contributed by atoms with van der Waals surface area (Å²) in [5.74, 6) is -1.43. The molecule has 0 radical (unpaired) electrons. The number of aliphatic carboxylic acids is 1. The van der Waals surface area contributed by atoms with Crippen LogP contribution in [-0.2, 0) is 9.59 Å². The van der Waals surface area contributed by atoms with E-state index in [2.05, 4.69) is 0 Å². The second kappa shape index (κ2) is 8.47. The van der Waals surface area contributed by atoms with Crippen LogP contribution in [0, 0.1) is 0 Å². The Morgan fingerprint density at radius 3 is 2.64 bits per heavy atom.